The highest BCUT2D eigenvalue weighted by atomic mass is 32.2. The monoisotopic (exact) mass is 378 g/mol. The lowest BCUT2D eigenvalue weighted by molar-refractivity contribution is -0.274. The predicted octanol–water partition coefficient (Wildman–Crippen LogP) is 2.36. The number of anilines is 1. The Kier molecular flexibility index (Phi) is 4.00. The third-order valence-electron chi connectivity index (χ3n) is 3.14. The minimum absolute atomic E-state index is 0.00149. The van der Waals surface area contributed by atoms with E-state index in [1.54, 1.807) is 0 Å². The van der Waals surface area contributed by atoms with Gasteiger partial charge in [-0.1, -0.05) is 12.1 Å². The SMILES string of the molecule is O=C1CS(=O)(=O)c2scnc2N1Cc1cccc(OC(F)(F)F)c1. The number of alkyl halides is 3. The molecule has 0 unspecified atom stereocenters. The second-order valence-corrected chi connectivity index (χ2v) is 7.94. The smallest absolute Gasteiger partial charge is 0.406 e. The number of halogens is 3. The molecule has 0 saturated heterocycles. The van der Waals surface area contributed by atoms with Gasteiger partial charge in [-0.05, 0) is 17.7 Å². The van der Waals surface area contributed by atoms with E-state index in [-0.39, 0.29) is 16.6 Å². The number of nitrogens with zero attached hydrogens (tertiary/aromatic N) is 2. The first-order valence-corrected chi connectivity index (χ1v) is 9.00. The van der Waals surface area contributed by atoms with Crippen LogP contribution in [0.1, 0.15) is 5.56 Å². The van der Waals surface area contributed by atoms with Crippen LogP contribution in [0.4, 0.5) is 19.0 Å². The Hall–Kier alpha value is -2.14. The summed E-state index contributed by atoms with van der Waals surface area (Å²) in [7, 11) is -3.71. The van der Waals surface area contributed by atoms with E-state index in [2.05, 4.69) is 9.72 Å². The van der Waals surface area contributed by atoms with Gasteiger partial charge >= 0.3 is 6.36 Å². The normalized spacial score (nSPS) is 16.8. The van der Waals surface area contributed by atoms with Crippen molar-refractivity contribution in [3.63, 3.8) is 0 Å². The van der Waals surface area contributed by atoms with E-state index in [9.17, 15) is 26.4 Å². The van der Waals surface area contributed by atoms with E-state index in [1.165, 1.54) is 17.6 Å². The molecule has 0 bridgehead atoms. The fourth-order valence-electron chi connectivity index (χ4n) is 2.23. The van der Waals surface area contributed by atoms with Crippen LogP contribution in [0.3, 0.4) is 0 Å². The summed E-state index contributed by atoms with van der Waals surface area (Å²) in [4.78, 5) is 17.1. The molecule has 0 spiro atoms. The number of hydrogen-bond donors (Lipinski definition) is 0. The van der Waals surface area contributed by atoms with Gasteiger partial charge in [0.25, 0.3) is 0 Å². The van der Waals surface area contributed by atoms with Gasteiger partial charge in [0.05, 0.1) is 12.1 Å². The molecule has 0 saturated carbocycles. The molecule has 1 aromatic carbocycles. The molecule has 1 aliphatic rings. The topological polar surface area (TPSA) is 76.6 Å². The Morgan fingerprint density at radius 2 is 2.08 bits per heavy atom. The molecule has 1 aliphatic heterocycles. The lowest BCUT2D eigenvalue weighted by Gasteiger charge is -2.25. The van der Waals surface area contributed by atoms with E-state index >= 15 is 0 Å². The van der Waals surface area contributed by atoms with Crippen molar-refractivity contribution in [2.24, 2.45) is 0 Å². The minimum atomic E-state index is -4.82. The molecule has 1 aromatic heterocycles. The molecule has 0 aliphatic carbocycles. The molecule has 1 amide bonds. The molecule has 0 N–H and O–H groups in total. The Morgan fingerprint density at radius 1 is 1.33 bits per heavy atom. The van der Waals surface area contributed by atoms with Crippen LogP contribution in [-0.2, 0) is 21.2 Å². The second-order valence-electron chi connectivity index (χ2n) is 4.90. The molecule has 6 nitrogen and oxygen atoms in total. The summed E-state index contributed by atoms with van der Waals surface area (Å²) in [6.07, 6.45) is -4.82. The fourth-order valence-corrected chi connectivity index (χ4v) is 4.69. The van der Waals surface area contributed by atoms with Crippen molar-refractivity contribution in [2.75, 3.05) is 10.7 Å². The van der Waals surface area contributed by atoms with Gasteiger partial charge in [0.2, 0.25) is 15.7 Å². The van der Waals surface area contributed by atoms with Gasteiger partial charge in [-0.2, -0.15) is 0 Å². The molecule has 2 heterocycles. The van der Waals surface area contributed by atoms with E-state index in [4.69, 9.17) is 0 Å². The number of rotatable bonds is 3. The molecule has 0 atom stereocenters. The number of amides is 1. The summed E-state index contributed by atoms with van der Waals surface area (Å²) in [6.45, 7) is -0.111. The lowest BCUT2D eigenvalue weighted by atomic mass is 10.2. The van der Waals surface area contributed by atoms with Crippen molar-refractivity contribution in [1.29, 1.82) is 0 Å². The van der Waals surface area contributed by atoms with Crippen molar-refractivity contribution >= 4 is 32.9 Å². The number of fused-ring (bicyclic) bond motifs is 1. The summed E-state index contributed by atoms with van der Waals surface area (Å²) >= 11 is 0.893. The standard InChI is InChI=1S/C13H9F3N2O4S2/c14-13(15,16)22-9-3-1-2-8(4-9)5-18-10(19)6-24(20,21)12-11(18)17-7-23-12/h1-4,7H,5-6H2. The molecule has 3 rings (SSSR count). The largest absolute Gasteiger partial charge is 0.573 e. The van der Waals surface area contributed by atoms with Crippen LogP contribution in [0, 0.1) is 0 Å². The Morgan fingerprint density at radius 3 is 2.79 bits per heavy atom. The number of thiazole rings is 1. The molecule has 0 radical (unpaired) electrons. The number of aromatic nitrogens is 1. The summed E-state index contributed by atoms with van der Waals surface area (Å²) in [5.74, 6) is -1.80. The minimum Gasteiger partial charge on any atom is -0.406 e. The summed E-state index contributed by atoms with van der Waals surface area (Å²) < 4.78 is 64.5. The zero-order valence-corrected chi connectivity index (χ0v) is 13.4. The molecule has 11 heteroatoms. The Labute approximate surface area is 138 Å². The quantitative estimate of drug-likeness (QED) is 0.820. The van der Waals surface area contributed by atoms with Gasteiger partial charge in [-0.3, -0.25) is 9.69 Å². The van der Waals surface area contributed by atoms with Gasteiger partial charge < -0.3 is 4.74 Å². The number of ether oxygens (including phenoxy) is 1. The highest BCUT2D eigenvalue weighted by Crippen LogP contribution is 2.34. The Balaban J connectivity index is 1.89. The highest BCUT2D eigenvalue weighted by molar-refractivity contribution is 7.94. The van der Waals surface area contributed by atoms with Gasteiger partial charge in [-0.25, -0.2) is 13.4 Å². The first-order chi connectivity index (χ1) is 11.2. The number of benzene rings is 1. The predicted molar refractivity (Wildman–Crippen MR) is 78.5 cm³/mol. The maximum absolute atomic E-state index is 12.3. The van der Waals surface area contributed by atoms with Gasteiger partial charge in [-0.15, -0.1) is 24.5 Å². The third kappa shape index (κ3) is 3.36. The zero-order chi connectivity index (χ0) is 17.5. The van der Waals surface area contributed by atoms with Crippen molar-refractivity contribution in [1.82, 2.24) is 4.98 Å². The first-order valence-electron chi connectivity index (χ1n) is 6.47. The van der Waals surface area contributed by atoms with E-state index < -0.39 is 33.6 Å². The molecular weight excluding hydrogens is 369 g/mol. The number of sulfone groups is 1. The van der Waals surface area contributed by atoms with Crippen molar-refractivity contribution in [3.8, 4) is 5.75 Å². The molecule has 24 heavy (non-hydrogen) atoms. The summed E-state index contributed by atoms with van der Waals surface area (Å²) in [5.41, 5.74) is 1.65. The van der Waals surface area contributed by atoms with E-state index in [1.807, 2.05) is 0 Å². The van der Waals surface area contributed by atoms with Crippen LogP contribution in [0.25, 0.3) is 0 Å². The molecule has 0 fully saturated rings. The summed E-state index contributed by atoms with van der Waals surface area (Å²) in [6, 6.07) is 5.12. The maximum atomic E-state index is 12.3. The second kappa shape index (κ2) is 5.74. The van der Waals surface area contributed by atoms with Crippen LogP contribution >= 0.6 is 11.3 Å². The molecular formula is C13H9F3N2O4S2. The highest BCUT2D eigenvalue weighted by Gasteiger charge is 2.37. The number of carbonyl (C=O) groups is 1. The van der Waals surface area contributed by atoms with E-state index in [0.29, 0.717) is 5.56 Å². The number of carbonyl (C=O) groups excluding carboxylic acids is 1. The average molecular weight is 378 g/mol. The Bertz CT molecular complexity index is 893. The zero-order valence-electron chi connectivity index (χ0n) is 11.8. The van der Waals surface area contributed by atoms with Crippen LogP contribution in [0.15, 0.2) is 34.0 Å². The number of hydrogen-bond acceptors (Lipinski definition) is 6. The van der Waals surface area contributed by atoms with Crippen LogP contribution in [-0.4, -0.2) is 31.4 Å². The van der Waals surface area contributed by atoms with Crippen molar-refractivity contribution in [3.05, 3.63) is 35.3 Å². The third-order valence-corrected chi connectivity index (χ3v) is 6.18. The van der Waals surface area contributed by atoms with Crippen LogP contribution in [0.5, 0.6) is 5.75 Å². The molecule has 128 valence electrons. The lowest BCUT2D eigenvalue weighted by Crippen LogP contribution is -2.40. The van der Waals surface area contributed by atoms with Gasteiger partial charge in [0.1, 0.15) is 11.5 Å². The van der Waals surface area contributed by atoms with Gasteiger partial charge in [0.15, 0.2) is 10.0 Å². The fraction of sp³-hybridized carbons (Fsp3) is 0.231. The average Bonchev–Trinajstić information content (AvgIpc) is 2.92. The first kappa shape index (κ1) is 16.7. The van der Waals surface area contributed by atoms with Gasteiger partial charge in [0, 0.05) is 0 Å². The van der Waals surface area contributed by atoms with E-state index in [0.717, 1.165) is 28.4 Å². The molecule has 2 aromatic rings. The summed E-state index contributed by atoms with van der Waals surface area (Å²) in [5, 5.41) is 0. The van der Waals surface area contributed by atoms with Crippen LogP contribution < -0.4 is 9.64 Å². The maximum Gasteiger partial charge on any atom is 0.573 e. The van der Waals surface area contributed by atoms with Crippen LogP contribution in [0.2, 0.25) is 0 Å². The van der Waals surface area contributed by atoms with Crippen molar-refractivity contribution in [2.45, 2.75) is 17.1 Å². The van der Waals surface area contributed by atoms with Crippen molar-refractivity contribution < 1.29 is 31.1 Å².